The van der Waals surface area contributed by atoms with Crippen molar-refractivity contribution < 1.29 is 8.42 Å². The Morgan fingerprint density at radius 3 is 2.37 bits per heavy atom. The van der Waals surface area contributed by atoms with Gasteiger partial charge in [0, 0.05) is 20.1 Å². The summed E-state index contributed by atoms with van der Waals surface area (Å²) < 4.78 is 26.3. The standard InChI is InChI=1S/C14H22N2O2S/c1-10(2)9-16(5)19(17,18)14-7-13(8-15)11(3)6-12(14)4/h6-7H,1,8-9,15H2,2-5H3. The fraction of sp³-hybridized carbons (Fsp3) is 0.429. The van der Waals surface area contributed by atoms with Crippen LogP contribution < -0.4 is 5.73 Å². The van der Waals surface area contributed by atoms with Crippen LogP contribution in [-0.4, -0.2) is 26.3 Å². The molecule has 5 heteroatoms. The maximum absolute atomic E-state index is 12.5. The lowest BCUT2D eigenvalue weighted by Crippen LogP contribution is -2.29. The molecule has 0 aliphatic rings. The van der Waals surface area contributed by atoms with Crippen molar-refractivity contribution in [2.45, 2.75) is 32.2 Å². The number of rotatable bonds is 5. The summed E-state index contributed by atoms with van der Waals surface area (Å²) >= 11 is 0. The molecule has 0 aliphatic carbocycles. The van der Waals surface area contributed by atoms with Gasteiger partial charge in [0.25, 0.3) is 0 Å². The second kappa shape index (κ2) is 5.86. The van der Waals surface area contributed by atoms with E-state index in [1.165, 1.54) is 4.31 Å². The number of hydrogen-bond acceptors (Lipinski definition) is 3. The Hall–Kier alpha value is -1.17. The van der Waals surface area contributed by atoms with Gasteiger partial charge in [0.1, 0.15) is 0 Å². The van der Waals surface area contributed by atoms with Crippen LogP contribution in [0, 0.1) is 13.8 Å². The molecule has 1 rings (SSSR count). The molecule has 19 heavy (non-hydrogen) atoms. The van der Waals surface area contributed by atoms with Gasteiger partial charge >= 0.3 is 0 Å². The molecule has 0 saturated carbocycles. The van der Waals surface area contributed by atoms with Crippen LogP contribution in [0.3, 0.4) is 0 Å². The molecule has 0 saturated heterocycles. The highest BCUT2D eigenvalue weighted by atomic mass is 32.2. The zero-order valence-electron chi connectivity index (χ0n) is 12.0. The van der Waals surface area contributed by atoms with Crippen LogP contribution in [0.1, 0.15) is 23.6 Å². The molecule has 4 nitrogen and oxygen atoms in total. The minimum absolute atomic E-state index is 0.313. The monoisotopic (exact) mass is 282 g/mol. The van der Waals surface area contributed by atoms with Crippen molar-refractivity contribution in [1.29, 1.82) is 0 Å². The van der Waals surface area contributed by atoms with Crippen LogP contribution in [0.5, 0.6) is 0 Å². The molecule has 0 bridgehead atoms. The molecule has 1 aromatic carbocycles. The third kappa shape index (κ3) is 3.43. The molecular formula is C14H22N2O2S. The molecule has 0 fully saturated rings. The average Bonchev–Trinajstić information content (AvgIpc) is 2.27. The zero-order chi connectivity index (χ0) is 14.8. The van der Waals surface area contributed by atoms with Crippen molar-refractivity contribution in [2.75, 3.05) is 13.6 Å². The molecule has 0 aliphatic heterocycles. The predicted molar refractivity (Wildman–Crippen MR) is 78.4 cm³/mol. The lowest BCUT2D eigenvalue weighted by Gasteiger charge is -2.19. The third-order valence-corrected chi connectivity index (χ3v) is 4.98. The minimum atomic E-state index is -3.50. The van der Waals surface area contributed by atoms with E-state index in [0.29, 0.717) is 18.0 Å². The Labute approximate surface area is 116 Å². The number of likely N-dealkylation sites (N-methyl/N-ethyl adjacent to an activating group) is 1. The van der Waals surface area contributed by atoms with E-state index in [1.807, 2.05) is 13.0 Å². The largest absolute Gasteiger partial charge is 0.326 e. The van der Waals surface area contributed by atoms with Crippen LogP contribution >= 0.6 is 0 Å². The van der Waals surface area contributed by atoms with Gasteiger partial charge in [-0.1, -0.05) is 18.2 Å². The van der Waals surface area contributed by atoms with Crippen LogP contribution in [0.4, 0.5) is 0 Å². The molecule has 0 unspecified atom stereocenters. The van der Waals surface area contributed by atoms with Gasteiger partial charge in [0.2, 0.25) is 10.0 Å². The summed E-state index contributed by atoms with van der Waals surface area (Å²) in [7, 11) is -1.94. The van der Waals surface area contributed by atoms with Crippen LogP contribution in [0.15, 0.2) is 29.2 Å². The first-order valence-electron chi connectivity index (χ1n) is 6.11. The average molecular weight is 282 g/mol. The Morgan fingerprint density at radius 1 is 1.32 bits per heavy atom. The Balaban J connectivity index is 3.32. The normalized spacial score (nSPS) is 11.9. The molecule has 2 N–H and O–H groups in total. The van der Waals surface area contributed by atoms with Gasteiger partial charge < -0.3 is 5.73 Å². The third-order valence-electron chi connectivity index (χ3n) is 3.03. The first-order chi connectivity index (χ1) is 8.70. The van der Waals surface area contributed by atoms with E-state index >= 15 is 0 Å². The van der Waals surface area contributed by atoms with E-state index in [2.05, 4.69) is 6.58 Å². The summed E-state index contributed by atoms with van der Waals surface area (Å²) in [5.41, 5.74) is 9.06. The highest BCUT2D eigenvalue weighted by Crippen LogP contribution is 2.23. The SMILES string of the molecule is C=C(C)CN(C)S(=O)(=O)c1cc(CN)c(C)cc1C. The second-order valence-electron chi connectivity index (χ2n) is 4.97. The summed E-state index contributed by atoms with van der Waals surface area (Å²) in [6.07, 6.45) is 0. The zero-order valence-corrected chi connectivity index (χ0v) is 12.8. The van der Waals surface area contributed by atoms with Crippen molar-refractivity contribution in [3.8, 4) is 0 Å². The van der Waals surface area contributed by atoms with Gasteiger partial charge in [0.15, 0.2) is 0 Å². The van der Waals surface area contributed by atoms with Gasteiger partial charge in [-0.25, -0.2) is 8.42 Å². The maximum Gasteiger partial charge on any atom is 0.243 e. The fourth-order valence-corrected chi connectivity index (χ4v) is 3.49. The van der Waals surface area contributed by atoms with E-state index < -0.39 is 10.0 Å². The summed E-state index contributed by atoms with van der Waals surface area (Å²) in [5.74, 6) is 0. The van der Waals surface area contributed by atoms with E-state index in [4.69, 9.17) is 5.73 Å². The van der Waals surface area contributed by atoms with E-state index in [-0.39, 0.29) is 0 Å². The summed E-state index contributed by atoms with van der Waals surface area (Å²) in [6.45, 7) is 9.93. The van der Waals surface area contributed by atoms with Crippen molar-refractivity contribution in [3.05, 3.63) is 41.0 Å². The highest BCUT2D eigenvalue weighted by molar-refractivity contribution is 7.89. The molecule has 0 radical (unpaired) electrons. The lowest BCUT2D eigenvalue weighted by atomic mass is 10.1. The minimum Gasteiger partial charge on any atom is -0.326 e. The van der Waals surface area contributed by atoms with Crippen molar-refractivity contribution in [1.82, 2.24) is 4.31 Å². The first kappa shape index (κ1) is 15.9. The highest BCUT2D eigenvalue weighted by Gasteiger charge is 2.23. The smallest absolute Gasteiger partial charge is 0.243 e. The van der Waals surface area contributed by atoms with Crippen molar-refractivity contribution in [2.24, 2.45) is 5.73 Å². The Kier molecular flexibility index (Phi) is 4.90. The quantitative estimate of drug-likeness (QED) is 0.840. The maximum atomic E-state index is 12.5. The molecule has 0 heterocycles. The number of hydrogen-bond donors (Lipinski definition) is 1. The molecule has 0 spiro atoms. The first-order valence-corrected chi connectivity index (χ1v) is 7.55. The molecule has 0 amide bonds. The van der Waals surface area contributed by atoms with Gasteiger partial charge in [-0.15, -0.1) is 0 Å². The van der Waals surface area contributed by atoms with E-state index in [1.54, 1.807) is 27.0 Å². The van der Waals surface area contributed by atoms with Crippen LogP contribution in [0.2, 0.25) is 0 Å². The molecule has 1 aromatic rings. The van der Waals surface area contributed by atoms with Crippen molar-refractivity contribution >= 4 is 10.0 Å². The number of nitrogens with two attached hydrogens (primary N) is 1. The number of sulfonamides is 1. The van der Waals surface area contributed by atoms with Crippen LogP contribution in [0.25, 0.3) is 0 Å². The second-order valence-corrected chi connectivity index (χ2v) is 6.98. The van der Waals surface area contributed by atoms with Gasteiger partial charge in [0.05, 0.1) is 4.90 Å². The molecule has 0 aromatic heterocycles. The van der Waals surface area contributed by atoms with Crippen LogP contribution in [-0.2, 0) is 16.6 Å². The topological polar surface area (TPSA) is 63.4 Å². The lowest BCUT2D eigenvalue weighted by molar-refractivity contribution is 0.492. The summed E-state index contributed by atoms with van der Waals surface area (Å²) in [6, 6.07) is 3.54. The summed E-state index contributed by atoms with van der Waals surface area (Å²) in [5, 5.41) is 0. The summed E-state index contributed by atoms with van der Waals surface area (Å²) in [4.78, 5) is 0.322. The van der Waals surface area contributed by atoms with E-state index in [0.717, 1.165) is 22.3 Å². The molecular weight excluding hydrogens is 260 g/mol. The Morgan fingerprint density at radius 2 is 1.89 bits per heavy atom. The van der Waals surface area contributed by atoms with Gasteiger partial charge in [-0.2, -0.15) is 4.31 Å². The number of nitrogens with zero attached hydrogens (tertiary/aromatic N) is 1. The fourth-order valence-electron chi connectivity index (χ4n) is 2.01. The molecule has 106 valence electrons. The van der Waals surface area contributed by atoms with Gasteiger partial charge in [-0.05, 0) is 43.5 Å². The van der Waals surface area contributed by atoms with Crippen molar-refractivity contribution in [3.63, 3.8) is 0 Å². The van der Waals surface area contributed by atoms with E-state index in [9.17, 15) is 8.42 Å². The number of aryl methyl sites for hydroxylation is 2. The Bertz CT molecular complexity index is 592. The molecule has 0 atom stereocenters. The van der Waals surface area contributed by atoms with Gasteiger partial charge in [-0.3, -0.25) is 0 Å². The number of benzene rings is 1. The predicted octanol–water partition coefficient (Wildman–Crippen LogP) is 1.96.